The van der Waals surface area contributed by atoms with Crippen LogP contribution >= 0.6 is 0 Å². The van der Waals surface area contributed by atoms with E-state index < -0.39 is 6.10 Å². The lowest BCUT2D eigenvalue weighted by atomic mass is 9.85. The Labute approximate surface area is 119 Å². The second-order valence-corrected chi connectivity index (χ2v) is 5.66. The van der Waals surface area contributed by atoms with Gasteiger partial charge in [0.05, 0.1) is 23.7 Å². The van der Waals surface area contributed by atoms with Crippen molar-refractivity contribution in [1.29, 1.82) is 0 Å². The zero-order valence-electron chi connectivity index (χ0n) is 11.7. The number of rotatable bonds is 4. The summed E-state index contributed by atoms with van der Waals surface area (Å²) in [4.78, 5) is 0. The van der Waals surface area contributed by atoms with Crippen LogP contribution in [-0.4, -0.2) is 20.1 Å². The highest BCUT2D eigenvalue weighted by Gasteiger charge is 2.21. The van der Waals surface area contributed by atoms with E-state index in [1.54, 1.807) is 10.9 Å². The molecule has 3 rings (SSSR count). The molecule has 1 unspecified atom stereocenters. The van der Waals surface area contributed by atoms with Gasteiger partial charge in [-0.3, -0.25) is 0 Å². The van der Waals surface area contributed by atoms with Crippen molar-refractivity contribution < 1.29 is 5.11 Å². The maximum atomic E-state index is 10.5. The number of benzene rings is 1. The minimum Gasteiger partial charge on any atom is -0.387 e. The van der Waals surface area contributed by atoms with Crippen molar-refractivity contribution >= 4 is 0 Å². The Balaban J connectivity index is 1.75. The molecular weight excluding hydrogens is 250 g/mol. The molecule has 2 aromatic rings. The summed E-state index contributed by atoms with van der Waals surface area (Å²) in [6, 6.07) is 9.86. The number of aliphatic hydroxyl groups is 1. The van der Waals surface area contributed by atoms with Crippen molar-refractivity contribution in [2.75, 3.05) is 0 Å². The third-order valence-electron chi connectivity index (χ3n) is 4.20. The summed E-state index contributed by atoms with van der Waals surface area (Å²) >= 11 is 0. The lowest BCUT2D eigenvalue weighted by molar-refractivity contribution is 0.125. The predicted octanol–water partition coefficient (Wildman–Crippen LogP) is 3.27. The van der Waals surface area contributed by atoms with Gasteiger partial charge in [0.1, 0.15) is 0 Å². The fraction of sp³-hybridized carbons (Fsp3) is 0.500. The fourth-order valence-corrected chi connectivity index (χ4v) is 3.10. The Morgan fingerprint density at radius 2 is 1.90 bits per heavy atom. The maximum absolute atomic E-state index is 10.5. The van der Waals surface area contributed by atoms with E-state index in [0.29, 0.717) is 5.92 Å². The molecule has 0 spiro atoms. The SMILES string of the molecule is OC(CC1CCCCC1)c1cnnn1-c1ccccc1. The highest BCUT2D eigenvalue weighted by molar-refractivity contribution is 5.31. The molecule has 0 amide bonds. The summed E-state index contributed by atoms with van der Waals surface area (Å²) in [5.41, 5.74) is 1.74. The van der Waals surface area contributed by atoms with Gasteiger partial charge in [0.2, 0.25) is 0 Å². The molecule has 1 aromatic carbocycles. The van der Waals surface area contributed by atoms with E-state index in [0.717, 1.165) is 17.8 Å². The van der Waals surface area contributed by atoms with Crippen molar-refractivity contribution in [2.45, 2.75) is 44.6 Å². The Bertz CT molecular complexity index is 532. The Kier molecular flexibility index (Phi) is 4.11. The van der Waals surface area contributed by atoms with E-state index in [-0.39, 0.29) is 0 Å². The molecule has 1 aliphatic rings. The van der Waals surface area contributed by atoms with E-state index in [4.69, 9.17) is 0 Å². The van der Waals surface area contributed by atoms with Gasteiger partial charge >= 0.3 is 0 Å². The average Bonchev–Trinajstić information content (AvgIpc) is 2.99. The van der Waals surface area contributed by atoms with Crippen molar-refractivity contribution in [3.05, 3.63) is 42.2 Å². The Morgan fingerprint density at radius 1 is 1.15 bits per heavy atom. The molecular formula is C16H21N3O. The van der Waals surface area contributed by atoms with Crippen LogP contribution in [0.25, 0.3) is 5.69 Å². The molecule has 0 radical (unpaired) electrons. The average molecular weight is 271 g/mol. The van der Waals surface area contributed by atoms with Crippen LogP contribution in [0.5, 0.6) is 0 Å². The first-order chi connectivity index (χ1) is 9.84. The lowest BCUT2D eigenvalue weighted by Gasteiger charge is -2.24. The molecule has 1 saturated carbocycles. The van der Waals surface area contributed by atoms with E-state index in [1.165, 1.54) is 32.1 Å². The second kappa shape index (κ2) is 6.18. The van der Waals surface area contributed by atoms with Crippen LogP contribution in [0.2, 0.25) is 0 Å². The Hall–Kier alpha value is -1.68. The number of hydrogen-bond donors (Lipinski definition) is 1. The molecule has 1 aromatic heterocycles. The van der Waals surface area contributed by atoms with Crippen LogP contribution < -0.4 is 0 Å². The van der Waals surface area contributed by atoms with Gasteiger partial charge in [-0.2, -0.15) is 0 Å². The standard InChI is InChI=1S/C16H21N3O/c20-16(11-13-7-3-1-4-8-13)15-12-17-18-19(15)14-9-5-2-6-10-14/h2,5-6,9-10,12-13,16,20H,1,3-4,7-8,11H2. The number of hydrogen-bond acceptors (Lipinski definition) is 3. The molecule has 1 heterocycles. The van der Waals surface area contributed by atoms with Gasteiger partial charge in [0.15, 0.2) is 0 Å². The molecule has 1 aliphatic carbocycles. The van der Waals surface area contributed by atoms with Crippen molar-refractivity contribution in [3.63, 3.8) is 0 Å². The zero-order chi connectivity index (χ0) is 13.8. The summed E-state index contributed by atoms with van der Waals surface area (Å²) in [7, 11) is 0. The molecule has 0 saturated heterocycles. The van der Waals surface area contributed by atoms with Gasteiger partial charge < -0.3 is 5.11 Å². The minimum atomic E-state index is -0.478. The first kappa shape index (κ1) is 13.3. The van der Waals surface area contributed by atoms with Crippen LogP contribution in [0.15, 0.2) is 36.5 Å². The first-order valence-corrected chi connectivity index (χ1v) is 7.48. The fourth-order valence-electron chi connectivity index (χ4n) is 3.10. The maximum Gasteiger partial charge on any atom is 0.0980 e. The van der Waals surface area contributed by atoms with Gasteiger partial charge in [0.25, 0.3) is 0 Å². The second-order valence-electron chi connectivity index (χ2n) is 5.66. The number of aromatic nitrogens is 3. The summed E-state index contributed by atoms with van der Waals surface area (Å²) in [5.74, 6) is 0.637. The van der Waals surface area contributed by atoms with Crippen LogP contribution in [0, 0.1) is 5.92 Å². The summed E-state index contributed by atoms with van der Waals surface area (Å²) < 4.78 is 1.74. The summed E-state index contributed by atoms with van der Waals surface area (Å²) in [6.07, 6.45) is 8.44. The number of aliphatic hydroxyl groups excluding tert-OH is 1. The van der Waals surface area contributed by atoms with Crippen LogP contribution in [0.3, 0.4) is 0 Å². The van der Waals surface area contributed by atoms with Crippen molar-refractivity contribution in [1.82, 2.24) is 15.0 Å². The first-order valence-electron chi connectivity index (χ1n) is 7.48. The summed E-state index contributed by atoms with van der Waals surface area (Å²) in [6.45, 7) is 0. The quantitative estimate of drug-likeness (QED) is 0.928. The van der Waals surface area contributed by atoms with E-state index in [9.17, 15) is 5.11 Å². The lowest BCUT2D eigenvalue weighted by Crippen LogP contribution is -2.14. The third kappa shape index (κ3) is 2.90. The largest absolute Gasteiger partial charge is 0.387 e. The van der Waals surface area contributed by atoms with Gasteiger partial charge in [-0.15, -0.1) is 5.10 Å². The predicted molar refractivity (Wildman–Crippen MR) is 77.5 cm³/mol. The van der Waals surface area contributed by atoms with Crippen LogP contribution in [-0.2, 0) is 0 Å². The van der Waals surface area contributed by atoms with Crippen molar-refractivity contribution in [3.8, 4) is 5.69 Å². The number of para-hydroxylation sites is 1. The molecule has 4 heteroatoms. The van der Waals surface area contributed by atoms with Gasteiger partial charge in [-0.25, -0.2) is 4.68 Å². The van der Waals surface area contributed by atoms with Crippen molar-refractivity contribution in [2.24, 2.45) is 5.92 Å². The van der Waals surface area contributed by atoms with Gasteiger partial charge in [-0.1, -0.05) is 55.5 Å². The smallest absolute Gasteiger partial charge is 0.0980 e. The number of nitrogens with zero attached hydrogens (tertiary/aromatic N) is 3. The van der Waals surface area contributed by atoms with Gasteiger partial charge in [0, 0.05) is 0 Å². The molecule has 1 atom stereocenters. The topological polar surface area (TPSA) is 50.9 Å². The third-order valence-corrected chi connectivity index (χ3v) is 4.20. The molecule has 20 heavy (non-hydrogen) atoms. The molecule has 1 fully saturated rings. The molecule has 1 N–H and O–H groups in total. The zero-order valence-corrected chi connectivity index (χ0v) is 11.7. The van der Waals surface area contributed by atoms with Gasteiger partial charge in [-0.05, 0) is 24.5 Å². The normalized spacial score (nSPS) is 18.1. The van der Waals surface area contributed by atoms with E-state index >= 15 is 0 Å². The molecule has 106 valence electrons. The molecule has 4 nitrogen and oxygen atoms in total. The molecule has 0 bridgehead atoms. The highest BCUT2D eigenvalue weighted by atomic mass is 16.3. The Morgan fingerprint density at radius 3 is 2.65 bits per heavy atom. The van der Waals surface area contributed by atoms with E-state index in [2.05, 4.69) is 10.3 Å². The monoisotopic (exact) mass is 271 g/mol. The summed E-state index contributed by atoms with van der Waals surface area (Å²) in [5, 5.41) is 18.6. The van der Waals surface area contributed by atoms with E-state index in [1.807, 2.05) is 30.3 Å². The van der Waals surface area contributed by atoms with Crippen LogP contribution in [0.4, 0.5) is 0 Å². The minimum absolute atomic E-state index is 0.478. The highest BCUT2D eigenvalue weighted by Crippen LogP contribution is 2.32. The molecule has 0 aliphatic heterocycles. The van der Waals surface area contributed by atoms with Crippen LogP contribution in [0.1, 0.15) is 50.3 Å².